The summed E-state index contributed by atoms with van der Waals surface area (Å²) < 4.78 is 1.08. The molecule has 0 aliphatic carbocycles. The second-order valence-corrected chi connectivity index (χ2v) is 7.91. The van der Waals surface area contributed by atoms with Crippen molar-refractivity contribution in [3.05, 3.63) is 29.3 Å². The average Bonchev–Trinajstić information content (AvgIpc) is 2.85. The number of likely N-dealkylation sites (N-methyl/N-ethyl adjacent to an activating group) is 1. The third-order valence-electron chi connectivity index (χ3n) is 3.85. The van der Waals surface area contributed by atoms with Crippen molar-refractivity contribution in [2.75, 3.05) is 38.7 Å². The van der Waals surface area contributed by atoms with Crippen LogP contribution in [-0.4, -0.2) is 65.4 Å². The zero-order valence-electron chi connectivity index (χ0n) is 13.0. The van der Waals surface area contributed by atoms with Gasteiger partial charge in [0.15, 0.2) is 0 Å². The Morgan fingerprint density at radius 2 is 2.32 bits per heavy atom. The highest BCUT2D eigenvalue weighted by atomic mass is 32.2. The zero-order valence-corrected chi connectivity index (χ0v) is 14.6. The van der Waals surface area contributed by atoms with Gasteiger partial charge in [-0.25, -0.2) is 4.98 Å². The van der Waals surface area contributed by atoms with Crippen molar-refractivity contribution in [2.24, 2.45) is 0 Å². The van der Waals surface area contributed by atoms with Gasteiger partial charge in [0.05, 0.1) is 21.8 Å². The molecule has 0 N–H and O–H groups in total. The quantitative estimate of drug-likeness (QED) is 0.864. The van der Waals surface area contributed by atoms with Gasteiger partial charge >= 0.3 is 0 Å². The predicted molar refractivity (Wildman–Crippen MR) is 94.9 cm³/mol. The minimum atomic E-state index is 0.157. The summed E-state index contributed by atoms with van der Waals surface area (Å²) in [5.74, 6) is 2.32. The van der Waals surface area contributed by atoms with Crippen molar-refractivity contribution in [2.45, 2.75) is 12.5 Å². The van der Waals surface area contributed by atoms with E-state index >= 15 is 0 Å². The molecule has 2 aromatic rings. The van der Waals surface area contributed by atoms with E-state index in [1.807, 2.05) is 35.5 Å². The number of carbonyl (C=O) groups is 1. The molecule has 1 aliphatic heterocycles. The van der Waals surface area contributed by atoms with Crippen molar-refractivity contribution >= 4 is 39.2 Å². The molecule has 3 rings (SSSR count). The molecule has 1 atom stereocenters. The van der Waals surface area contributed by atoms with Gasteiger partial charge in [-0.2, -0.15) is 11.8 Å². The summed E-state index contributed by atoms with van der Waals surface area (Å²) in [5.41, 5.74) is 3.58. The van der Waals surface area contributed by atoms with E-state index in [1.54, 1.807) is 11.3 Å². The third-order valence-corrected chi connectivity index (χ3v) is 5.84. The molecule has 0 saturated carbocycles. The number of carbonyl (C=O) groups excluding carboxylic acids is 1. The summed E-state index contributed by atoms with van der Waals surface area (Å²) in [5, 5.41) is 0. The molecule has 0 bridgehead atoms. The summed E-state index contributed by atoms with van der Waals surface area (Å²) >= 11 is 3.54. The molecule has 22 heavy (non-hydrogen) atoms. The van der Waals surface area contributed by atoms with Crippen molar-refractivity contribution in [3.8, 4) is 0 Å². The Hall–Kier alpha value is -1.11. The van der Waals surface area contributed by atoms with E-state index in [0.717, 1.165) is 46.8 Å². The number of thiazole rings is 1. The van der Waals surface area contributed by atoms with Gasteiger partial charge in [-0.1, -0.05) is 0 Å². The van der Waals surface area contributed by atoms with Crippen LogP contribution >= 0.6 is 23.1 Å². The van der Waals surface area contributed by atoms with E-state index in [1.165, 1.54) is 0 Å². The Morgan fingerprint density at radius 1 is 1.45 bits per heavy atom. The first-order chi connectivity index (χ1) is 10.6. The Morgan fingerprint density at radius 3 is 3.14 bits per heavy atom. The van der Waals surface area contributed by atoms with Crippen molar-refractivity contribution < 1.29 is 4.79 Å². The molecule has 4 nitrogen and oxygen atoms in total. The number of thioether (sulfide) groups is 1. The van der Waals surface area contributed by atoms with Gasteiger partial charge in [-0.05, 0) is 44.5 Å². The predicted octanol–water partition coefficient (Wildman–Crippen LogP) is 2.81. The topological polar surface area (TPSA) is 36.4 Å². The highest BCUT2D eigenvalue weighted by molar-refractivity contribution is 7.99. The lowest BCUT2D eigenvalue weighted by Crippen LogP contribution is -2.46. The SMILES string of the molecule is CN(C)C[C@@H]1CSCCCN1C(=O)c1ccc2ncsc2c1. The summed E-state index contributed by atoms with van der Waals surface area (Å²) in [6, 6.07) is 6.13. The first-order valence-electron chi connectivity index (χ1n) is 7.52. The Kier molecular flexibility index (Phi) is 5.00. The van der Waals surface area contributed by atoms with Crippen molar-refractivity contribution in [1.82, 2.24) is 14.8 Å². The largest absolute Gasteiger partial charge is 0.334 e. The third kappa shape index (κ3) is 3.45. The smallest absolute Gasteiger partial charge is 0.254 e. The van der Waals surface area contributed by atoms with E-state index in [0.29, 0.717) is 0 Å². The van der Waals surface area contributed by atoms with E-state index in [4.69, 9.17) is 0 Å². The van der Waals surface area contributed by atoms with Crippen LogP contribution < -0.4 is 0 Å². The van der Waals surface area contributed by atoms with Gasteiger partial charge in [0, 0.05) is 24.4 Å². The lowest BCUT2D eigenvalue weighted by Gasteiger charge is -2.31. The van der Waals surface area contributed by atoms with Crippen LogP contribution in [-0.2, 0) is 0 Å². The zero-order chi connectivity index (χ0) is 15.5. The molecule has 6 heteroatoms. The fraction of sp³-hybridized carbons (Fsp3) is 0.500. The van der Waals surface area contributed by atoms with Gasteiger partial charge in [0.1, 0.15) is 0 Å². The van der Waals surface area contributed by atoms with Gasteiger partial charge in [0.2, 0.25) is 0 Å². The number of hydrogen-bond acceptors (Lipinski definition) is 5. The molecule has 0 spiro atoms. The summed E-state index contributed by atoms with van der Waals surface area (Å²) in [6.07, 6.45) is 1.07. The van der Waals surface area contributed by atoms with Crippen LogP contribution in [0.2, 0.25) is 0 Å². The van der Waals surface area contributed by atoms with Gasteiger partial charge in [0.25, 0.3) is 5.91 Å². The van der Waals surface area contributed by atoms with Crippen LogP contribution in [0, 0.1) is 0 Å². The second-order valence-electron chi connectivity index (χ2n) is 5.88. The second kappa shape index (κ2) is 6.98. The van der Waals surface area contributed by atoms with E-state index in [2.05, 4.69) is 28.9 Å². The lowest BCUT2D eigenvalue weighted by atomic mass is 10.1. The Bertz CT molecular complexity index is 656. The van der Waals surface area contributed by atoms with E-state index in [-0.39, 0.29) is 11.9 Å². The minimum Gasteiger partial charge on any atom is -0.334 e. The molecule has 118 valence electrons. The number of fused-ring (bicyclic) bond motifs is 1. The summed E-state index contributed by atoms with van der Waals surface area (Å²) in [7, 11) is 4.14. The molecule has 0 radical (unpaired) electrons. The molecule has 2 heterocycles. The maximum Gasteiger partial charge on any atom is 0.254 e. The summed E-state index contributed by atoms with van der Waals surface area (Å²) in [4.78, 5) is 21.5. The monoisotopic (exact) mass is 335 g/mol. The molecule has 1 aromatic heterocycles. The van der Waals surface area contributed by atoms with Crippen LogP contribution in [0.3, 0.4) is 0 Å². The molecule has 1 fully saturated rings. The van der Waals surface area contributed by atoms with Crippen LogP contribution in [0.5, 0.6) is 0 Å². The molecular formula is C16H21N3OS2. The van der Waals surface area contributed by atoms with Gasteiger partial charge in [-0.3, -0.25) is 4.79 Å². The van der Waals surface area contributed by atoms with Gasteiger partial charge < -0.3 is 9.80 Å². The molecule has 1 saturated heterocycles. The minimum absolute atomic E-state index is 0.157. The standard InChI is InChI=1S/C16H21N3OS2/c1-18(2)9-13-10-21-7-3-6-19(13)16(20)12-4-5-14-15(8-12)22-11-17-14/h4-5,8,11,13H,3,6-7,9-10H2,1-2H3/t13-/m1/s1. The molecule has 1 amide bonds. The van der Waals surface area contributed by atoms with E-state index in [9.17, 15) is 4.79 Å². The number of benzene rings is 1. The maximum absolute atomic E-state index is 13.0. The van der Waals surface area contributed by atoms with Crippen LogP contribution in [0.4, 0.5) is 0 Å². The maximum atomic E-state index is 13.0. The fourth-order valence-corrected chi connectivity index (χ4v) is 4.60. The van der Waals surface area contributed by atoms with Crippen molar-refractivity contribution in [3.63, 3.8) is 0 Å². The number of nitrogens with zero attached hydrogens (tertiary/aromatic N) is 3. The number of amides is 1. The number of aromatic nitrogens is 1. The highest BCUT2D eigenvalue weighted by Gasteiger charge is 2.27. The number of rotatable bonds is 3. The lowest BCUT2D eigenvalue weighted by molar-refractivity contribution is 0.0676. The molecule has 1 aromatic carbocycles. The van der Waals surface area contributed by atoms with Crippen LogP contribution in [0.1, 0.15) is 16.8 Å². The average molecular weight is 335 g/mol. The number of hydrogen-bond donors (Lipinski definition) is 0. The Balaban J connectivity index is 1.86. The van der Waals surface area contributed by atoms with Crippen LogP contribution in [0.15, 0.2) is 23.7 Å². The normalized spacial score (nSPS) is 19.6. The first-order valence-corrected chi connectivity index (χ1v) is 9.55. The molecular weight excluding hydrogens is 314 g/mol. The summed E-state index contributed by atoms with van der Waals surface area (Å²) in [6.45, 7) is 1.77. The van der Waals surface area contributed by atoms with E-state index < -0.39 is 0 Å². The van der Waals surface area contributed by atoms with Gasteiger partial charge in [-0.15, -0.1) is 11.3 Å². The highest BCUT2D eigenvalue weighted by Crippen LogP contribution is 2.23. The fourth-order valence-electron chi connectivity index (χ4n) is 2.82. The Labute approximate surface area is 139 Å². The molecule has 1 aliphatic rings. The van der Waals surface area contributed by atoms with Crippen LogP contribution in [0.25, 0.3) is 10.2 Å². The first kappa shape index (κ1) is 15.8. The molecule has 0 unspecified atom stereocenters. The van der Waals surface area contributed by atoms with Crippen molar-refractivity contribution in [1.29, 1.82) is 0 Å².